The van der Waals surface area contributed by atoms with Gasteiger partial charge in [0.1, 0.15) is 5.75 Å². The highest BCUT2D eigenvalue weighted by Crippen LogP contribution is 2.30. The molecule has 1 N–H and O–H groups in total. The van der Waals surface area contributed by atoms with Gasteiger partial charge in [0.25, 0.3) is 0 Å². The molecule has 4 nitrogen and oxygen atoms in total. The zero-order chi connectivity index (χ0) is 14.7. The van der Waals surface area contributed by atoms with Crippen molar-refractivity contribution in [2.45, 2.75) is 38.6 Å². The quantitative estimate of drug-likeness (QED) is 0.876. The number of fused-ring (bicyclic) bond motifs is 1. The number of hydrogen-bond donors (Lipinski definition) is 1. The molecule has 2 aromatic rings. The smallest absolute Gasteiger partial charge is 0.121 e. The second-order valence-corrected chi connectivity index (χ2v) is 5.52. The lowest BCUT2D eigenvalue weighted by molar-refractivity contribution is 0.414. The Kier molecular flexibility index (Phi) is 4.25. The first-order chi connectivity index (χ1) is 10.3. The SMILES string of the molecule is CCNC1CCCCc2c1cnn2-c1cccc(OC)c1. The Morgan fingerprint density at radius 3 is 3.10 bits per heavy atom. The van der Waals surface area contributed by atoms with Gasteiger partial charge in [0.2, 0.25) is 0 Å². The summed E-state index contributed by atoms with van der Waals surface area (Å²) in [6.45, 7) is 3.16. The van der Waals surface area contributed by atoms with Crippen LogP contribution in [-0.2, 0) is 6.42 Å². The molecule has 0 fully saturated rings. The average Bonchev–Trinajstić information content (AvgIpc) is 2.84. The predicted molar refractivity (Wildman–Crippen MR) is 84.1 cm³/mol. The fraction of sp³-hybridized carbons (Fsp3) is 0.471. The molecule has 1 aliphatic carbocycles. The van der Waals surface area contributed by atoms with Crippen molar-refractivity contribution in [2.24, 2.45) is 0 Å². The van der Waals surface area contributed by atoms with Crippen molar-refractivity contribution < 1.29 is 4.74 Å². The number of ether oxygens (including phenoxy) is 1. The van der Waals surface area contributed by atoms with Crippen LogP contribution in [0, 0.1) is 0 Å². The molecule has 21 heavy (non-hydrogen) atoms. The molecular weight excluding hydrogens is 262 g/mol. The van der Waals surface area contributed by atoms with Gasteiger partial charge in [-0.15, -0.1) is 0 Å². The van der Waals surface area contributed by atoms with Crippen molar-refractivity contribution in [3.8, 4) is 11.4 Å². The van der Waals surface area contributed by atoms with E-state index in [1.165, 1.54) is 30.5 Å². The number of nitrogens with one attached hydrogen (secondary N) is 1. The first kappa shape index (κ1) is 14.1. The molecule has 1 unspecified atom stereocenters. The van der Waals surface area contributed by atoms with Gasteiger partial charge < -0.3 is 10.1 Å². The molecule has 3 rings (SSSR count). The topological polar surface area (TPSA) is 39.1 Å². The zero-order valence-electron chi connectivity index (χ0n) is 12.8. The van der Waals surface area contributed by atoms with Gasteiger partial charge >= 0.3 is 0 Å². The summed E-state index contributed by atoms with van der Waals surface area (Å²) in [6, 6.07) is 8.55. The maximum Gasteiger partial charge on any atom is 0.121 e. The molecule has 112 valence electrons. The van der Waals surface area contributed by atoms with E-state index in [4.69, 9.17) is 4.74 Å². The number of benzene rings is 1. The van der Waals surface area contributed by atoms with Crippen LogP contribution in [0.3, 0.4) is 0 Å². The van der Waals surface area contributed by atoms with E-state index in [0.717, 1.165) is 24.4 Å². The van der Waals surface area contributed by atoms with E-state index in [-0.39, 0.29) is 0 Å². The second-order valence-electron chi connectivity index (χ2n) is 5.52. The first-order valence-corrected chi connectivity index (χ1v) is 7.78. The van der Waals surface area contributed by atoms with E-state index in [1.807, 2.05) is 24.4 Å². The van der Waals surface area contributed by atoms with Crippen LogP contribution in [0.25, 0.3) is 5.69 Å². The van der Waals surface area contributed by atoms with Crippen LogP contribution >= 0.6 is 0 Å². The van der Waals surface area contributed by atoms with Crippen LogP contribution in [0.1, 0.15) is 43.5 Å². The Morgan fingerprint density at radius 1 is 1.38 bits per heavy atom. The molecule has 0 spiro atoms. The number of nitrogens with zero attached hydrogens (tertiary/aromatic N) is 2. The second kappa shape index (κ2) is 6.31. The Hall–Kier alpha value is -1.81. The Bertz CT molecular complexity index is 606. The van der Waals surface area contributed by atoms with E-state index in [2.05, 4.69) is 28.1 Å². The van der Waals surface area contributed by atoms with E-state index in [1.54, 1.807) is 7.11 Å². The third-order valence-corrected chi connectivity index (χ3v) is 4.18. The lowest BCUT2D eigenvalue weighted by Crippen LogP contribution is -2.20. The molecule has 0 saturated heterocycles. The van der Waals surface area contributed by atoms with Crippen LogP contribution in [0.15, 0.2) is 30.5 Å². The van der Waals surface area contributed by atoms with E-state index in [0.29, 0.717) is 6.04 Å². The fourth-order valence-corrected chi connectivity index (χ4v) is 3.15. The minimum Gasteiger partial charge on any atom is -0.497 e. The normalized spacial score (nSPS) is 18.1. The Labute approximate surface area is 126 Å². The standard InChI is InChI=1S/C17H23N3O/c1-3-18-16-9-4-5-10-17-15(16)12-19-20(17)13-7-6-8-14(11-13)21-2/h6-8,11-12,16,18H,3-5,9-10H2,1-2H3. The van der Waals surface area contributed by atoms with Gasteiger partial charge in [-0.1, -0.05) is 19.4 Å². The third kappa shape index (κ3) is 2.81. The average molecular weight is 285 g/mol. The van der Waals surface area contributed by atoms with Gasteiger partial charge in [0.05, 0.1) is 19.0 Å². The zero-order valence-corrected chi connectivity index (χ0v) is 12.8. The molecule has 0 amide bonds. The summed E-state index contributed by atoms with van der Waals surface area (Å²) in [6.07, 6.45) is 6.82. The van der Waals surface area contributed by atoms with Crippen molar-refractivity contribution in [2.75, 3.05) is 13.7 Å². The van der Waals surface area contributed by atoms with Crippen molar-refractivity contribution in [3.05, 3.63) is 41.7 Å². The van der Waals surface area contributed by atoms with Crippen LogP contribution in [0.4, 0.5) is 0 Å². The third-order valence-electron chi connectivity index (χ3n) is 4.18. The molecule has 0 aliphatic heterocycles. The number of rotatable bonds is 4. The van der Waals surface area contributed by atoms with Crippen molar-refractivity contribution in [1.29, 1.82) is 0 Å². The van der Waals surface area contributed by atoms with Crippen LogP contribution in [-0.4, -0.2) is 23.4 Å². The number of aromatic nitrogens is 2. The highest BCUT2D eigenvalue weighted by atomic mass is 16.5. The largest absolute Gasteiger partial charge is 0.497 e. The number of methoxy groups -OCH3 is 1. The van der Waals surface area contributed by atoms with Crippen molar-refractivity contribution >= 4 is 0 Å². The molecule has 1 aromatic carbocycles. The van der Waals surface area contributed by atoms with Gasteiger partial charge in [-0.05, 0) is 37.9 Å². The molecule has 0 radical (unpaired) electrons. The molecule has 1 atom stereocenters. The summed E-state index contributed by atoms with van der Waals surface area (Å²) in [5, 5.41) is 8.23. The van der Waals surface area contributed by atoms with E-state index >= 15 is 0 Å². The highest BCUT2D eigenvalue weighted by Gasteiger charge is 2.22. The Balaban J connectivity index is 2.01. The first-order valence-electron chi connectivity index (χ1n) is 7.78. The van der Waals surface area contributed by atoms with Crippen LogP contribution in [0.5, 0.6) is 5.75 Å². The van der Waals surface area contributed by atoms with E-state index < -0.39 is 0 Å². The maximum atomic E-state index is 5.33. The molecular formula is C17H23N3O. The lowest BCUT2D eigenvalue weighted by atomic mass is 10.1. The minimum absolute atomic E-state index is 0.437. The number of hydrogen-bond acceptors (Lipinski definition) is 3. The molecule has 1 heterocycles. The van der Waals surface area contributed by atoms with Gasteiger partial charge in [-0.2, -0.15) is 5.10 Å². The maximum absolute atomic E-state index is 5.33. The molecule has 4 heteroatoms. The molecule has 0 bridgehead atoms. The van der Waals surface area contributed by atoms with Crippen molar-refractivity contribution in [1.82, 2.24) is 15.1 Å². The van der Waals surface area contributed by atoms with Gasteiger partial charge in [0.15, 0.2) is 0 Å². The summed E-state index contributed by atoms with van der Waals surface area (Å²) in [4.78, 5) is 0. The van der Waals surface area contributed by atoms with Crippen molar-refractivity contribution in [3.63, 3.8) is 0 Å². The Morgan fingerprint density at radius 2 is 2.29 bits per heavy atom. The summed E-state index contributed by atoms with van der Waals surface area (Å²) < 4.78 is 7.40. The van der Waals surface area contributed by atoms with Gasteiger partial charge in [-0.25, -0.2) is 4.68 Å². The van der Waals surface area contributed by atoms with Crippen LogP contribution in [0.2, 0.25) is 0 Å². The highest BCUT2D eigenvalue weighted by molar-refractivity contribution is 5.41. The van der Waals surface area contributed by atoms with E-state index in [9.17, 15) is 0 Å². The minimum atomic E-state index is 0.437. The predicted octanol–water partition coefficient (Wildman–Crippen LogP) is 3.26. The summed E-state index contributed by atoms with van der Waals surface area (Å²) in [5.41, 5.74) is 3.77. The fourth-order valence-electron chi connectivity index (χ4n) is 3.15. The molecule has 1 aliphatic rings. The summed E-state index contributed by atoms with van der Waals surface area (Å²) in [7, 11) is 1.70. The summed E-state index contributed by atoms with van der Waals surface area (Å²) in [5.74, 6) is 0.869. The van der Waals surface area contributed by atoms with Gasteiger partial charge in [0, 0.05) is 23.4 Å². The lowest BCUT2D eigenvalue weighted by Gasteiger charge is -2.15. The molecule has 0 saturated carbocycles. The van der Waals surface area contributed by atoms with Crippen LogP contribution < -0.4 is 10.1 Å². The monoisotopic (exact) mass is 285 g/mol. The summed E-state index contributed by atoms with van der Waals surface area (Å²) >= 11 is 0. The molecule has 1 aromatic heterocycles. The van der Waals surface area contributed by atoms with Gasteiger partial charge in [-0.3, -0.25) is 0 Å².